The summed E-state index contributed by atoms with van der Waals surface area (Å²) in [5, 5.41) is 2.63. The fraction of sp³-hybridized carbons (Fsp3) is 0.400. The zero-order chi connectivity index (χ0) is 10.2. The fourth-order valence-electron chi connectivity index (χ4n) is 0.932. The smallest absolute Gasteiger partial charge is 0.254 e. The summed E-state index contributed by atoms with van der Waals surface area (Å²) in [5.41, 5.74) is 0.549. The van der Waals surface area contributed by atoms with Crippen molar-refractivity contribution >= 4 is 5.91 Å². The molecule has 0 saturated carbocycles. The summed E-state index contributed by atoms with van der Waals surface area (Å²) in [5.74, 6) is -0.158. The van der Waals surface area contributed by atoms with E-state index >= 15 is 0 Å². The standard InChI is InChI=1S/C10H14N2O2/c1-2-6-14-8-12-10(13)9-4-3-5-11-7-9/h3-5,7H,2,6,8H2,1H3,(H,12,13). The quantitative estimate of drug-likeness (QED) is 0.566. The second-order valence-electron chi connectivity index (χ2n) is 2.80. The van der Waals surface area contributed by atoms with Gasteiger partial charge < -0.3 is 10.1 Å². The molecule has 1 aromatic heterocycles. The molecule has 0 spiro atoms. The lowest BCUT2D eigenvalue weighted by molar-refractivity contribution is 0.0792. The van der Waals surface area contributed by atoms with Crippen molar-refractivity contribution in [2.45, 2.75) is 13.3 Å². The molecule has 0 saturated heterocycles. The second-order valence-corrected chi connectivity index (χ2v) is 2.80. The first-order valence-electron chi connectivity index (χ1n) is 4.60. The van der Waals surface area contributed by atoms with E-state index in [0.717, 1.165) is 6.42 Å². The van der Waals surface area contributed by atoms with Gasteiger partial charge in [-0.1, -0.05) is 6.92 Å². The first-order valence-corrected chi connectivity index (χ1v) is 4.60. The molecule has 76 valence electrons. The number of pyridine rings is 1. The summed E-state index contributed by atoms with van der Waals surface area (Å²) in [6.45, 7) is 2.93. The molecule has 14 heavy (non-hydrogen) atoms. The van der Waals surface area contributed by atoms with E-state index in [1.54, 1.807) is 18.3 Å². The molecule has 0 bridgehead atoms. The van der Waals surface area contributed by atoms with Crippen molar-refractivity contribution in [3.05, 3.63) is 30.1 Å². The molecule has 0 aliphatic carbocycles. The Labute approximate surface area is 83.3 Å². The van der Waals surface area contributed by atoms with E-state index in [4.69, 9.17) is 4.74 Å². The molecule has 0 aliphatic heterocycles. The summed E-state index contributed by atoms with van der Waals surface area (Å²) >= 11 is 0. The van der Waals surface area contributed by atoms with Crippen LogP contribution in [0.3, 0.4) is 0 Å². The maximum absolute atomic E-state index is 11.4. The summed E-state index contributed by atoms with van der Waals surface area (Å²) in [7, 11) is 0. The average molecular weight is 194 g/mol. The number of carbonyl (C=O) groups is 1. The molecule has 0 unspecified atom stereocenters. The van der Waals surface area contributed by atoms with Gasteiger partial charge in [-0.25, -0.2) is 0 Å². The normalized spacial score (nSPS) is 9.79. The zero-order valence-electron chi connectivity index (χ0n) is 8.19. The van der Waals surface area contributed by atoms with Crippen molar-refractivity contribution in [3.8, 4) is 0 Å². The van der Waals surface area contributed by atoms with E-state index in [0.29, 0.717) is 12.2 Å². The largest absolute Gasteiger partial charge is 0.361 e. The third-order valence-corrected chi connectivity index (χ3v) is 1.61. The number of nitrogens with one attached hydrogen (secondary N) is 1. The van der Waals surface area contributed by atoms with Crippen molar-refractivity contribution in [2.24, 2.45) is 0 Å². The predicted octanol–water partition coefficient (Wildman–Crippen LogP) is 1.20. The van der Waals surface area contributed by atoms with Gasteiger partial charge >= 0.3 is 0 Å². The molecule has 0 aliphatic rings. The van der Waals surface area contributed by atoms with Gasteiger partial charge in [0.05, 0.1) is 5.56 Å². The van der Waals surface area contributed by atoms with Crippen molar-refractivity contribution in [2.75, 3.05) is 13.3 Å². The monoisotopic (exact) mass is 194 g/mol. The fourth-order valence-corrected chi connectivity index (χ4v) is 0.932. The molecule has 0 fully saturated rings. The topological polar surface area (TPSA) is 51.2 Å². The van der Waals surface area contributed by atoms with Crippen LogP contribution in [0.1, 0.15) is 23.7 Å². The van der Waals surface area contributed by atoms with Crippen molar-refractivity contribution < 1.29 is 9.53 Å². The minimum Gasteiger partial charge on any atom is -0.361 e. The number of amides is 1. The van der Waals surface area contributed by atoms with Crippen LogP contribution in [0.2, 0.25) is 0 Å². The summed E-state index contributed by atoms with van der Waals surface area (Å²) in [4.78, 5) is 15.2. The number of nitrogens with zero attached hydrogens (tertiary/aromatic N) is 1. The molecule has 1 heterocycles. The highest BCUT2D eigenvalue weighted by Crippen LogP contribution is 1.94. The molecular weight excluding hydrogens is 180 g/mol. The molecule has 4 nitrogen and oxygen atoms in total. The summed E-state index contributed by atoms with van der Waals surface area (Å²) < 4.78 is 5.12. The Balaban J connectivity index is 2.29. The molecule has 1 rings (SSSR count). The van der Waals surface area contributed by atoms with E-state index in [1.807, 2.05) is 6.92 Å². The molecule has 0 atom stereocenters. The Bertz CT molecular complexity index is 275. The molecule has 1 amide bonds. The minimum absolute atomic E-state index is 0.158. The summed E-state index contributed by atoms with van der Waals surface area (Å²) in [6.07, 6.45) is 4.10. The SMILES string of the molecule is CCCOCNC(=O)c1cccnc1. The number of ether oxygens (including phenoxy) is 1. The Morgan fingerprint density at radius 1 is 1.64 bits per heavy atom. The molecular formula is C10H14N2O2. The van der Waals surface area contributed by atoms with Gasteiger partial charge in [-0.3, -0.25) is 9.78 Å². The molecule has 1 aromatic rings. The van der Waals surface area contributed by atoms with Crippen LogP contribution in [-0.2, 0) is 4.74 Å². The van der Waals surface area contributed by atoms with Gasteiger partial charge in [0.2, 0.25) is 0 Å². The highest BCUT2D eigenvalue weighted by atomic mass is 16.5. The number of rotatable bonds is 5. The van der Waals surface area contributed by atoms with Crippen LogP contribution in [0.25, 0.3) is 0 Å². The summed E-state index contributed by atoms with van der Waals surface area (Å²) in [6, 6.07) is 3.43. The second kappa shape index (κ2) is 6.10. The lowest BCUT2D eigenvalue weighted by Gasteiger charge is -2.04. The zero-order valence-corrected chi connectivity index (χ0v) is 8.19. The van der Waals surface area contributed by atoms with Gasteiger partial charge in [0, 0.05) is 19.0 Å². The lowest BCUT2D eigenvalue weighted by Crippen LogP contribution is -2.26. The van der Waals surface area contributed by atoms with Crippen LogP contribution < -0.4 is 5.32 Å². The van der Waals surface area contributed by atoms with Gasteiger partial charge in [0.25, 0.3) is 5.91 Å². The highest BCUT2D eigenvalue weighted by molar-refractivity contribution is 5.93. The van der Waals surface area contributed by atoms with Gasteiger partial charge in [0.1, 0.15) is 6.73 Å². The minimum atomic E-state index is -0.158. The third-order valence-electron chi connectivity index (χ3n) is 1.61. The van der Waals surface area contributed by atoms with Crippen LogP contribution in [0.15, 0.2) is 24.5 Å². The first-order chi connectivity index (χ1) is 6.84. The highest BCUT2D eigenvalue weighted by Gasteiger charge is 2.02. The Morgan fingerprint density at radius 2 is 2.50 bits per heavy atom. The van der Waals surface area contributed by atoms with E-state index in [9.17, 15) is 4.79 Å². The van der Waals surface area contributed by atoms with E-state index < -0.39 is 0 Å². The molecule has 0 radical (unpaired) electrons. The van der Waals surface area contributed by atoms with Crippen LogP contribution >= 0.6 is 0 Å². The van der Waals surface area contributed by atoms with Crippen LogP contribution in [0.5, 0.6) is 0 Å². The predicted molar refractivity (Wildman–Crippen MR) is 52.8 cm³/mol. The third kappa shape index (κ3) is 3.53. The lowest BCUT2D eigenvalue weighted by atomic mass is 10.3. The number of carbonyl (C=O) groups excluding carboxylic acids is 1. The van der Waals surface area contributed by atoms with Crippen LogP contribution in [-0.4, -0.2) is 24.2 Å². The molecule has 0 aromatic carbocycles. The van der Waals surface area contributed by atoms with Gasteiger partial charge in [-0.2, -0.15) is 0 Å². The number of hydrogen-bond donors (Lipinski definition) is 1. The first kappa shape index (κ1) is 10.7. The molecule has 4 heteroatoms. The molecule has 1 N–H and O–H groups in total. The van der Waals surface area contributed by atoms with Crippen LogP contribution in [0, 0.1) is 0 Å². The van der Waals surface area contributed by atoms with E-state index in [1.165, 1.54) is 6.20 Å². The van der Waals surface area contributed by atoms with Gasteiger partial charge in [-0.05, 0) is 18.6 Å². The average Bonchev–Trinajstić information content (AvgIpc) is 2.25. The van der Waals surface area contributed by atoms with Crippen LogP contribution in [0.4, 0.5) is 0 Å². The van der Waals surface area contributed by atoms with Gasteiger partial charge in [-0.15, -0.1) is 0 Å². The Hall–Kier alpha value is -1.42. The Morgan fingerprint density at radius 3 is 3.14 bits per heavy atom. The van der Waals surface area contributed by atoms with E-state index in [2.05, 4.69) is 10.3 Å². The van der Waals surface area contributed by atoms with E-state index in [-0.39, 0.29) is 12.6 Å². The number of aromatic nitrogens is 1. The van der Waals surface area contributed by atoms with Crippen molar-refractivity contribution in [3.63, 3.8) is 0 Å². The maximum Gasteiger partial charge on any atom is 0.254 e. The van der Waals surface area contributed by atoms with Crippen molar-refractivity contribution in [1.29, 1.82) is 0 Å². The van der Waals surface area contributed by atoms with Crippen molar-refractivity contribution in [1.82, 2.24) is 10.3 Å². The van der Waals surface area contributed by atoms with Gasteiger partial charge in [0.15, 0.2) is 0 Å². The number of hydrogen-bond acceptors (Lipinski definition) is 3. The Kier molecular flexibility index (Phi) is 4.64. The maximum atomic E-state index is 11.4.